The zero-order valence-corrected chi connectivity index (χ0v) is 14.6. The fourth-order valence-corrected chi connectivity index (χ4v) is 3.92. The molecule has 5 nitrogen and oxygen atoms in total. The predicted octanol–water partition coefficient (Wildman–Crippen LogP) is 3.66. The van der Waals surface area contributed by atoms with Gasteiger partial charge in [-0.25, -0.2) is 15.0 Å². The van der Waals surface area contributed by atoms with E-state index in [0.29, 0.717) is 5.92 Å². The first-order chi connectivity index (χ1) is 10.2. The number of aromatic nitrogens is 4. The first kappa shape index (κ1) is 14.7. The summed E-state index contributed by atoms with van der Waals surface area (Å²) < 4.78 is 3.24. The molecule has 0 saturated heterocycles. The molecule has 0 unspecified atom stereocenters. The van der Waals surface area contributed by atoms with E-state index in [0.717, 1.165) is 27.5 Å². The van der Waals surface area contributed by atoms with Crippen LogP contribution in [0.3, 0.4) is 0 Å². The third-order valence-corrected chi connectivity index (χ3v) is 5.20. The van der Waals surface area contributed by atoms with E-state index in [9.17, 15) is 0 Å². The van der Waals surface area contributed by atoms with Gasteiger partial charge in [-0.1, -0.05) is 12.8 Å². The molecule has 0 amide bonds. The Kier molecular flexibility index (Phi) is 4.42. The van der Waals surface area contributed by atoms with E-state index in [4.69, 9.17) is 4.98 Å². The second-order valence-corrected chi connectivity index (χ2v) is 6.47. The van der Waals surface area contributed by atoms with Crippen LogP contribution >= 0.6 is 22.6 Å². The molecular formula is C15H20IN5. The smallest absolute Gasteiger partial charge is 0.180 e. The van der Waals surface area contributed by atoms with Crippen molar-refractivity contribution >= 4 is 28.4 Å². The van der Waals surface area contributed by atoms with Crippen LogP contribution in [0, 0.1) is 3.57 Å². The van der Waals surface area contributed by atoms with Crippen LogP contribution in [0.1, 0.15) is 44.2 Å². The summed E-state index contributed by atoms with van der Waals surface area (Å²) in [6.45, 7) is 2.98. The maximum Gasteiger partial charge on any atom is 0.180 e. The summed E-state index contributed by atoms with van der Waals surface area (Å²) in [7, 11) is 1.92. The Bertz CT molecular complexity index is 631. The van der Waals surface area contributed by atoms with Crippen molar-refractivity contribution in [3.05, 3.63) is 21.8 Å². The van der Waals surface area contributed by atoms with Gasteiger partial charge < -0.3 is 9.88 Å². The Morgan fingerprint density at radius 2 is 2.10 bits per heavy atom. The molecule has 1 fully saturated rings. The van der Waals surface area contributed by atoms with Gasteiger partial charge in [0.15, 0.2) is 5.82 Å². The van der Waals surface area contributed by atoms with Crippen molar-refractivity contribution in [1.29, 1.82) is 0 Å². The molecule has 2 aromatic heterocycles. The Morgan fingerprint density at radius 3 is 2.76 bits per heavy atom. The lowest BCUT2D eigenvalue weighted by Gasteiger charge is -2.15. The summed E-state index contributed by atoms with van der Waals surface area (Å²) in [6.07, 6.45) is 8.78. The molecule has 0 aromatic carbocycles. The molecule has 6 heteroatoms. The molecule has 1 saturated carbocycles. The standard InChI is InChI=1S/C15H20IN5/c1-3-21-9-18-8-11(21)14-19-13(10-6-4-5-7-10)12(16)15(17-2)20-14/h8-10H,3-7H2,1-2H3,(H,17,19,20). The van der Waals surface area contributed by atoms with Crippen molar-refractivity contribution < 1.29 is 0 Å². The number of anilines is 1. The van der Waals surface area contributed by atoms with Gasteiger partial charge >= 0.3 is 0 Å². The average Bonchev–Trinajstić information content (AvgIpc) is 3.18. The minimum Gasteiger partial charge on any atom is -0.372 e. The average molecular weight is 397 g/mol. The summed E-state index contributed by atoms with van der Waals surface area (Å²) in [5.74, 6) is 2.27. The lowest BCUT2D eigenvalue weighted by Crippen LogP contribution is -2.09. The monoisotopic (exact) mass is 397 g/mol. The van der Waals surface area contributed by atoms with Gasteiger partial charge in [-0.05, 0) is 42.4 Å². The molecule has 2 heterocycles. The minimum atomic E-state index is 0.573. The lowest BCUT2D eigenvalue weighted by molar-refractivity contribution is 0.688. The van der Waals surface area contributed by atoms with Crippen LogP contribution in [0.4, 0.5) is 5.82 Å². The van der Waals surface area contributed by atoms with Crippen molar-refractivity contribution in [2.45, 2.75) is 45.1 Å². The molecule has 0 spiro atoms. The fourth-order valence-electron chi connectivity index (χ4n) is 2.97. The minimum absolute atomic E-state index is 0.573. The molecule has 0 radical (unpaired) electrons. The topological polar surface area (TPSA) is 55.6 Å². The maximum absolute atomic E-state index is 4.89. The van der Waals surface area contributed by atoms with Crippen molar-refractivity contribution in [2.75, 3.05) is 12.4 Å². The molecule has 1 aliphatic carbocycles. The van der Waals surface area contributed by atoms with Gasteiger partial charge in [0.25, 0.3) is 0 Å². The van der Waals surface area contributed by atoms with E-state index in [1.165, 1.54) is 31.4 Å². The van der Waals surface area contributed by atoms with Gasteiger partial charge in [-0.15, -0.1) is 0 Å². The summed E-state index contributed by atoms with van der Waals surface area (Å²) in [4.78, 5) is 13.8. The van der Waals surface area contributed by atoms with E-state index in [2.05, 4.69) is 49.4 Å². The summed E-state index contributed by atoms with van der Waals surface area (Å²) in [5.41, 5.74) is 2.19. The number of hydrogen-bond donors (Lipinski definition) is 1. The molecule has 2 aromatic rings. The van der Waals surface area contributed by atoms with E-state index in [1.54, 1.807) is 0 Å². The number of nitrogens with one attached hydrogen (secondary N) is 1. The predicted molar refractivity (Wildman–Crippen MR) is 92.4 cm³/mol. The Morgan fingerprint density at radius 1 is 1.33 bits per heavy atom. The van der Waals surface area contributed by atoms with Gasteiger partial charge in [0.05, 0.1) is 21.8 Å². The highest BCUT2D eigenvalue weighted by Crippen LogP contribution is 2.37. The number of rotatable bonds is 4. The highest BCUT2D eigenvalue weighted by molar-refractivity contribution is 14.1. The van der Waals surface area contributed by atoms with E-state index in [1.807, 2.05) is 19.6 Å². The highest BCUT2D eigenvalue weighted by Gasteiger charge is 2.24. The Hall–Kier alpha value is -1.18. The van der Waals surface area contributed by atoms with Gasteiger partial charge in [-0.2, -0.15) is 0 Å². The largest absolute Gasteiger partial charge is 0.372 e. The number of halogens is 1. The van der Waals surface area contributed by atoms with Crippen LogP contribution in [-0.2, 0) is 6.54 Å². The third-order valence-electron chi connectivity index (χ3n) is 4.14. The van der Waals surface area contributed by atoms with Crippen molar-refractivity contribution in [1.82, 2.24) is 19.5 Å². The summed E-state index contributed by atoms with van der Waals surface area (Å²) in [6, 6.07) is 0. The van der Waals surface area contributed by atoms with E-state index in [-0.39, 0.29) is 0 Å². The van der Waals surface area contributed by atoms with Crippen LogP contribution < -0.4 is 5.32 Å². The molecule has 0 bridgehead atoms. The van der Waals surface area contributed by atoms with E-state index >= 15 is 0 Å². The van der Waals surface area contributed by atoms with Gasteiger partial charge in [0, 0.05) is 19.5 Å². The molecule has 0 aliphatic heterocycles. The summed E-state index contributed by atoms with van der Waals surface area (Å²) in [5, 5.41) is 3.21. The highest BCUT2D eigenvalue weighted by atomic mass is 127. The van der Waals surface area contributed by atoms with E-state index < -0.39 is 0 Å². The summed E-state index contributed by atoms with van der Waals surface area (Å²) >= 11 is 2.37. The lowest BCUT2D eigenvalue weighted by atomic mass is 10.0. The van der Waals surface area contributed by atoms with Crippen LogP contribution in [0.5, 0.6) is 0 Å². The van der Waals surface area contributed by atoms with Gasteiger partial charge in [0.1, 0.15) is 11.5 Å². The molecule has 1 aliphatic rings. The zero-order chi connectivity index (χ0) is 14.8. The molecule has 21 heavy (non-hydrogen) atoms. The van der Waals surface area contributed by atoms with Crippen LogP contribution in [0.15, 0.2) is 12.5 Å². The third kappa shape index (κ3) is 2.77. The fraction of sp³-hybridized carbons (Fsp3) is 0.533. The Labute approximate surface area is 138 Å². The quantitative estimate of drug-likeness (QED) is 0.801. The van der Waals surface area contributed by atoms with Crippen LogP contribution in [0.2, 0.25) is 0 Å². The maximum atomic E-state index is 4.89. The molecule has 1 N–H and O–H groups in total. The SMILES string of the molecule is CCn1cncc1-c1nc(NC)c(I)c(C2CCCC2)n1. The van der Waals surface area contributed by atoms with Gasteiger partial charge in [0.2, 0.25) is 0 Å². The second kappa shape index (κ2) is 6.29. The normalized spacial score (nSPS) is 15.6. The molecule has 0 atom stereocenters. The zero-order valence-electron chi connectivity index (χ0n) is 12.4. The molecular weight excluding hydrogens is 377 g/mol. The van der Waals surface area contributed by atoms with Crippen molar-refractivity contribution in [3.63, 3.8) is 0 Å². The molecule has 3 rings (SSSR count). The van der Waals surface area contributed by atoms with Gasteiger partial charge in [-0.3, -0.25) is 0 Å². The van der Waals surface area contributed by atoms with Crippen molar-refractivity contribution in [3.8, 4) is 11.5 Å². The molecule has 112 valence electrons. The first-order valence-corrected chi connectivity index (χ1v) is 8.58. The first-order valence-electron chi connectivity index (χ1n) is 7.50. The number of aryl methyl sites for hydroxylation is 1. The second-order valence-electron chi connectivity index (χ2n) is 5.39. The van der Waals surface area contributed by atoms with Crippen molar-refractivity contribution in [2.24, 2.45) is 0 Å². The number of imidazole rings is 1. The number of hydrogen-bond acceptors (Lipinski definition) is 4. The van der Waals surface area contributed by atoms with Crippen LogP contribution in [0.25, 0.3) is 11.5 Å². The van der Waals surface area contributed by atoms with Crippen LogP contribution in [-0.4, -0.2) is 26.6 Å². The Balaban J connectivity index is 2.11. The number of nitrogens with zero attached hydrogens (tertiary/aromatic N) is 4.